The Morgan fingerprint density at radius 3 is 2.56 bits per heavy atom. The Balaban J connectivity index is 1.95. The van der Waals surface area contributed by atoms with Crippen LogP contribution in [0.5, 0.6) is 0 Å². The number of carbonyl (C=O) groups is 1. The minimum atomic E-state index is -0.483. The highest BCUT2D eigenvalue weighted by atomic mass is 17.2. The van der Waals surface area contributed by atoms with Gasteiger partial charge in [0.15, 0.2) is 0 Å². The number of carbonyl (C=O) groups excluding carboxylic acids is 1. The van der Waals surface area contributed by atoms with Gasteiger partial charge in [-0.3, -0.25) is 4.89 Å². The van der Waals surface area contributed by atoms with E-state index in [2.05, 4.69) is 6.07 Å². The van der Waals surface area contributed by atoms with Crippen molar-refractivity contribution in [2.24, 2.45) is 0 Å². The minimum Gasteiger partial charge on any atom is -0.301 e. The molecule has 4 heteroatoms. The monoisotopic (exact) mass is 249 g/mol. The summed E-state index contributed by atoms with van der Waals surface area (Å²) >= 11 is 0. The average Bonchev–Trinajstić information content (AvgIpc) is 2.34. The fourth-order valence-corrected chi connectivity index (χ4v) is 1.86. The van der Waals surface area contributed by atoms with Gasteiger partial charge < -0.3 is 4.90 Å². The van der Waals surface area contributed by atoms with Crippen LogP contribution in [0.2, 0.25) is 0 Å². The largest absolute Gasteiger partial charge is 0.441 e. The Kier molecular flexibility index (Phi) is 3.57. The molecule has 0 aliphatic carbocycles. The molecule has 0 unspecified atom stereocenters. The van der Waals surface area contributed by atoms with Gasteiger partial charge in [0.05, 0.1) is 0 Å². The number of hydrogen-bond acceptors (Lipinski definition) is 3. The zero-order valence-electron chi connectivity index (χ0n) is 11.1. The molecule has 98 valence electrons. The molecule has 1 amide bonds. The zero-order chi connectivity index (χ0) is 13.2. The van der Waals surface area contributed by atoms with Gasteiger partial charge in [0.25, 0.3) is 0 Å². The Hall–Kier alpha value is -1.55. The predicted molar refractivity (Wildman–Crippen MR) is 67.9 cm³/mol. The SMILES string of the molecule is CC(C)(C)OOC(=O)N1CCc2ccccc2C1. The molecule has 1 aliphatic rings. The van der Waals surface area contributed by atoms with E-state index < -0.39 is 11.7 Å². The van der Waals surface area contributed by atoms with E-state index in [0.717, 1.165) is 6.42 Å². The third-order valence-corrected chi connectivity index (χ3v) is 2.75. The second kappa shape index (κ2) is 4.98. The van der Waals surface area contributed by atoms with Crippen LogP contribution in [0.3, 0.4) is 0 Å². The Morgan fingerprint density at radius 2 is 1.89 bits per heavy atom. The summed E-state index contributed by atoms with van der Waals surface area (Å²) < 4.78 is 0. The first-order valence-corrected chi connectivity index (χ1v) is 6.17. The highest BCUT2D eigenvalue weighted by Gasteiger charge is 2.24. The molecule has 2 rings (SSSR count). The van der Waals surface area contributed by atoms with Crippen LogP contribution < -0.4 is 0 Å². The standard InChI is InChI=1S/C14H19NO3/c1-14(2,3)18-17-13(16)15-9-8-11-6-4-5-7-12(11)10-15/h4-7H,8-10H2,1-3H3. The van der Waals surface area contributed by atoms with Gasteiger partial charge in [-0.05, 0) is 38.3 Å². The summed E-state index contributed by atoms with van der Waals surface area (Å²) in [6, 6.07) is 8.15. The number of rotatable bonds is 1. The zero-order valence-corrected chi connectivity index (χ0v) is 11.1. The molecule has 0 bridgehead atoms. The predicted octanol–water partition coefficient (Wildman–Crippen LogP) is 2.91. The molecule has 0 radical (unpaired) electrons. The molecule has 0 fully saturated rings. The van der Waals surface area contributed by atoms with Gasteiger partial charge in [-0.1, -0.05) is 24.3 Å². The highest BCUT2D eigenvalue weighted by molar-refractivity contribution is 5.67. The van der Waals surface area contributed by atoms with Crippen molar-refractivity contribution >= 4 is 6.09 Å². The van der Waals surface area contributed by atoms with E-state index in [1.54, 1.807) is 4.90 Å². The summed E-state index contributed by atoms with van der Waals surface area (Å²) in [6.45, 7) is 6.77. The summed E-state index contributed by atoms with van der Waals surface area (Å²) in [7, 11) is 0. The van der Waals surface area contributed by atoms with Crippen LogP contribution >= 0.6 is 0 Å². The van der Waals surface area contributed by atoms with Crippen molar-refractivity contribution in [3.05, 3.63) is 35.4 Å². The van der Waals surface area contributed by atoms with Crippen molar-refractivity contribution in [3.63, 3.8) is 0 Å². The van der Waals surface area contributed by atoms with E-state index in [0.29, 0.717) is 13.1 Å². The molecule has 0 N–H and O–H groups in total. The molecule has 0 spiro atoms. The lowest BCUT2D eigenvalue weighted by atomic mass is 10.0. The van der Waals surface area contributed by atoms with E-state index in [4.69, 9.17) is 9.78 Å². The van der Waals surface area contributed by atoms with Gasteiger partial charge in [-0.2, -0.15) is 4.89 Å². The molecule has 0 atom stereocenters. The molecule has 4 nitrogen and oxygen atoms in total. The lowest BCUT2D eigenvalue weighted by molar-refractivity contribution is -0.305. The van der Waals surface area contributed by atoms with Crippen molar-refractivity contribution in [3.8, 4) is 0 Å². The third-order valence-electron chi connectivity index (χ3n) is 2.75. The molecule has 0 aromatic heterocycles. The maximum absolute atomic E-state index is 11.8. The van der Waals surface area contributed by atoms with Crippen LogP contribution in [-0.2, 0) is 22.7 Å². The second-order valence-electron chi connectivity index (χ2n) is 5.49. The van der Waals surface area contributed by atoms with Gasteiger partial charge >= 0.3 is 6.09 Å². The number of hydrogen-bond donors (Lipinski definition) is 0. The molecule has 0 saturated heterocycles. The van der Waals surface area contributed by atoms with Crippen LogP contribution in [0.4, 0.5) is 4.79 Å². The van der Waals surface area contributed by atoms with Crippen molar-refractivity contribution in [2.45, 2.75) is 39.3 Å². The van der Waals surface area contributed by atoms with Gasteiger partial charge in [-0.25, -0.2) is 4.79 Å². The quantitative estimate of drug-likeness (QED) is 0.567. The van der Waals surface area contributed by atoms with Crippen molar-refractivity contribution in [2.75, 3.05) is 6.54 Å². The summed E-state index contributed by atoms with van der Waals surface area (Å²) in [6.07, 6.45) is 0.445. The van der Waals surface area contributed by atoms with Crippen molar-refractivity contribution in [1.29, 1.82) is 0 Å². The Labute approximate surface area is 107 Å². The average molecular weight is 249 g/mol. The van der Waals surface area contributed by atoms with E-state index in [9.17, 15) is 4.79 Å². The van der Waals surface area contributed by atoms with Crippen LogP contribution in [0, 0.1) is 0 Å². The molecule has 1 aromatic carbocycles. The third kappa shape index (κ3) is 3.23. The van der Waals surface area contributed by atoms with Crippen LogP contribution in [0.25, 0.3) is 0 Å². The topological polar surface area (TPSA) is 38.8 Å². The summed E-state index contributed by atoms with van der Waals surface area (Å²) in [5.41, 5.74) is 2.00. The first-order valence-electron chi connectivity index (χ1n) is 6.17. The fraction of sp³-hybridized carbons (Fsp3) is 0.500. The molecule has 1 heterocycles. The lowest BCUT2D eigenvalue weighted by Gasteiger charge is -2.28. The van der Waals surface area contributed by atoms with Gasteiger partial charge in [0.1, 0.15) is 5.60 Å². The number of amides is 1. The minimum absolute atomic E-state index is 0.417. The molecular formula is C14H19NO3. The molecule has 1 aliphatic heterocycles. The van der Waals surface area contributed by atoms with Gasteiger partial charge in [0.2, 0.25) is 0 Å². The maximum Gasteiger partial charge on any atom is 0.441 e. The lowest BCUT2D eigenvalue weighted by Crippen LogP contribution is -2.37. The number of fused-ring (bicyclic) bond motifs is 1. The van der Waals surface area contributed by atoms with E-state index in [1.165, 1.54) is 11.1 Å². The molecule has 0 saturated carbocycles. The Morgan fingerprint density at radius 1 is 1.22 bits per heavy atom. The molecule has 1 aromatic rings. The van der Waals surface area contributed by atoms with Crippen LogP contribution in [-0.4, -0.2) is 23.1 Å². The van der Waals surface area contributed by atoms with Crippen molar-refractivity contribution < 1.29 is 14.6 Å². The molecular weight excluding hydrogens is 230 g/mol. The number of nitrogens with zero attached hydrogens (tertiary/aromatic N) is 1. The maximum atomic E-state index is 11.8. The van der Waals surface area contributed by atoms with Crippen LogP contribution in [0.1, 0.15) is 31.9 Å². The van der Waals surface area contributed by atoms with Gasteiger partial charge in [-0.15, -0.1) is 0 Å². The summed E-state index contributed by atoms with van der Waals surface area (Å²) in [4.78, 5) is 23.4. The van der Waals surface area contributed by atoms with E-state index in [1.807, 2.05) is 39.0 Å². The highest BCUT2D eigenvalue weighted by Crippen LogP contribution is 2.19. The summed E-state index contributed by atoms with van der Waals surface area (Å²) in [5.74, 6) is 0. The molecule has 18 heavy (non-hydrogen) atoms. The van der Waals surface area contributed by atoms with Crippen LogP contribution in [0.15, 0.2) is 24.3 Å². The smallest absolute Gasteiger partial charge is 0.301 e. The summed E-state index contributed by atoms with van der Waals surface area (Å²) in [5, 5.41) is 0. The van der Waals surface area contributed by atoms with Gasteiger partial charge in [0, 0.05) is 13.1 Å². The van der Waals surface area contributed by atoms with E-state index >= 15 is 0 Å². The second-order valence-corrected chi connectivity index (χ2v) is 5.49. The normalized spacial score (nSPS) is 15.2. The Bertz CT molecular complexity index is 437. The van der Waals surface area contributed by atoms with Crippen molar-refractivity contribution in [1.82, 2.24) is 4.90 Å². The fourth-order valence-electron chi connectivity index (χ4n) is 1.86. The first-order chi connectivity index (χ1) is 8.46. The number of benzene rings is 1. The first kappa shape index (κ1) is 12.9. The van der Waals surface area contributed by atoms with E-state index in [-0.39, 0.29) is 0 Å².